The fraction of sp³-hybridized carbons (Fsp3) is 0.462. The van der Waals surface area contributed by atoms with Gasteiger partial charge in [-0.1, -0.05) is 36.6 Å². The van der Waals surface area contributed by atoms with Crippen LogP contribution in [0, 0.1) is 0 Å². The molecule has 0 radical (unpaired) electrons. The van der Waals surface area contributed by atoms with Gasteiger partial charge in [0, 0.05) is 5.02 Å². The summed E-state index contributed by atoms with van der Waals surface area (Å²) in [5.74, 6) is -0.0955. The number of carbonyl (C=O) groups excluding carboxylic acids is 1. The third-order valence-corrected chi connectivity index (χ3v) is 3.67. The van der Waals surface area contributed by atoms with Crippen molar-refractivity contribution in [1.29, 1.82) is 0 Å². The van der Waals surface area contributed by atoms with Crippen molar-refractivity contribution in [2.75, 3.05) is 6.54 Å². The molecule has 92 valence electrons. The number of hydrogen-bond donors (Lipinski definition) is 2. The first kappa shape index (κ1) is 12.4. The van der Waals surface area contributed by atoms with E-state index in [0.29, 0.717) is 5.02 Å². The predicted octanol–water partition coefficient (Wildman–Crippen LogP) is 2.18. The SMILES string of the molecule is NCC(=O)NC1(c2ccc(Cl)cc2)CCCC1. The molecule has 1 aliphatic rings. The lowest BCUT2D eigenvalue weighted by Gasteiger charge is -2.31. The van der Waals surface area contributed by atoms with Gasteiger partial charge in [0.05, 0.1) is 12.1 Å². The molecule has 0 heterocycles. The Morgan fingerprint density at radius 1 is 1.29 bits per heavy atom. The van der Waals surface area contributed by atoms with E-state index in [4.69, 9.17) is 17.3 Å². The third kappa shape index (κ3) is 2.61. The second-order valence-corrected chi connectivity index (χ2v) is 4.98. The van der Waals surface area contributed by atoms with Crippen LogP contribution in [0.25, 0.3) is 0 Å². The number of nitrogens with two attached hydrogens (primary N) is 1. The molecule has 1 aliphatic carbocycles. The lowest BCUT2D eigenvalue weighted by atomic mass is 9.88. The van der Waals surface area contributed by atoms with Crippen molar-refractivity contribution >= 4 is 17.5 Å². The second-order valence-electron chi connectivity index (χ2n) is 4.55. The van der Waals surface area contributed by atoms with Crippen LogP contribution in [0.5, 0.6) is 0 Å². The van der Waals surface area contributed by atoms with Crippen LogP contribution in [0.15, 0.2) is 24.3 Å². The number of rotatable bonds is 3. The average molecular weight is 253 g/mol. The number of amides is 1. The van der Waals surface area contributed by atoms with Crippen LogP contribution < -0.4 is 11.1 Å². The van der Waals surface area contributed by atoms with Gasteiger partial charge in [0.1, 0.15) is 0 Å². The van der Waals surface area contributed by atoms with E-state index in [-0.39, 0.29) is 18.0 Å². The fourth-order valence-electron chi connectivity index (χ4n) is 2.55. The lowest BCUT2D eigenvalue weighted by Crippen LogP contribution is -2.46. The van der Waals surface area contributed by atoms with E-state index in [0.717, 1.165) is 31.2 Å². The molecule has 3 N–H and O–H groups in total. The van der Waals surface area contributed by atoms with Crippen molar-refractivity contribution in [3.05, 3.63) is 34.9 Å². The van der Waals surface area contributed by atoms with Crippen LogP contribution in [-0.2, 0) is 10.3 Å². The lowest BCUT2D eigenvalue weighted by molar-refractivity contribution is -0.121. The fourth-order valence-corrected chi connectivity index (χ4v) is 2.68. The Bertz CT molecular complexity index is 396. The number of benzene rings is 1. The van der Waals surface area contributed by atoms with Crippen molar-refractivity contribution in [2.24, 2.45) is 5.73 Å². The van der Waals surface area contributed by atoms with Crippen LogP contribution in [0.4, 0.5) is 0 Å². The first-order chi connectivity index (χ1) is 8.16. The van der Waals surface area contributed by atoms with E-state index in [1.807, 2.05) is 24.3 Å². The van der Waals surface area contributed by atoms with E-state index in [1.165, 1.54) is 0 Å². The number of halogens is 1. The molecule has 0 aliphatic heterocycles. The quantitative estimate of drug-likeness (QED) is 0.867. The molecule has 1 aromatic carbocycles. The molecule has 3 nitrogen and oxygen atoms in total. The standard InChI is InChI=1S/C13H17ClN2O/c14-11-5-3-10(4-6-11)13(7-1-2-8-13)16-12(17)9-15/h3-6H,1-2,7-9,15H2,(H,16,17). The molecule has 1 fully saturated rings. The molecular formula is C13H17ClN2O. The minimum Gasteiger partial charge on any atom is -0.345 e. The summed E-state index contributed by atoms with van der Waals surface area (Å²) in [5.41, 5.74) is 6.27. The Morgan fingerprint density at radius 3 is 2.41 bits per heavy atom. The van der Waals surface area contributed by atoms with E-state index >= 15 is 0 Å². The minimum absolute atomic E-state index is 0.0370. The molecule has 2 rings (SSSR count). The Balaban J connectivity index is 2.27. The predicted molar refractivity (Wildman–Crippen MR) is 68.8 cm³/mol. The third-order valence-electron chi connectivity index (χ3n) is 3.42. The molecule has 0 aromatic heterocycles. The highest BCUT2D eigenvalue weighted by Crippen LogP contribution is 2.38. The van der Waals surface area contributed by atoms with Crippen LogP contribution >= 0.6 is 11.6 Å². The second kappa shape index (κ2) is 5.07. The number of carbonyl (C=O) groups is 1. The highest BCUT2D eigenvalue weighted by atomic mass is 35.5. The van der Waals surface area contributed by atoms with E-state index in [2.05, 4.69) is 5.32 Å². The van der Waals surface area contributed by atoms with Crippen LogP contribution in [0.2, 0.25) is 5.02 Å². The largest absolute Gasteiger partial charge is 0.345 e. The summed E-state index contributed by atoms with van der Waals surface area (Å²) in [7, 11) is 0. The van der Waals surface area contributed by atoms with Gasteiger partial charge in [-0.05, 0) is 30.5 Å². The van der Waals surface area contributed by atoms with Gasteiger partial charge in [0.15, 0.2) is 0 Å². The van der Waals surface area contributed by atoms with Crippen molar-refractivity contribution in [3.8, 4) is 0 Å². The van der Waals surface area contributed by atoms with E-state index in [9.17, 15) is 4.79 Å². The Hall–Kier alpha value is -1.06. The van der Waals surface area contributed by atoms with E-state index < -0.39 is 0 Å². The summed E-state index contributed by atoms with van der Waals surface area (Å²) >= 11 is 5.89. The highest BCUT2D eigenvalue weighted by Gasteiger charge is 2.36. The summed E-state index contributed by atoms with van der Waals surface area (Å²) < 4.78 is 0. The highest BCUT2D eigenvalue weighted by molar-refractivity contribution is 6.30. The van der Waals surface area contributed by atoms with Crippen molar-refractivity contribution in [2.45, 2.75) is 31.2 Å². The topological polar surface area (TPSA) is 55.1 Å². The Morgan fingerprint density at radius 2 is 1.88 bits per heavy atom. The molecule has 0 spiro atoms. The average Bonchev–Trinajstić information content (AvgIpc) is 2.79. The summed E-state index contributed by atoms with van der Waals surface area (Å²) in [6.45, 7) is 0.0370. The van der Waals surface area contributed by atoms with Crippen molar-refractivity contribution in [3.63, 3.8) is 0 Å². The first-order valence-corrected chi connectivity index (χ1v) is 6.31. The van der Waals surface area contributed by atoms with Gasteiger partial charge in [-0.2, -0.15) is 0 Å². The molecule has 1 amide bonds. The Kier molecular flexibility index (Phi) is 3.69. The molecule has 0 atom stereocenters. The molecule has 0 unspecified atom stereocenters. The summed E-state index contributed by atoms with van der Waals surface area (Å²) in [5, 5.41) is 3.79. The molecule has 0 bridgehead atoms. The summed E-state index contributed by atoms with van der Waals surface area (Å²) in [4.78, 5) is 11.6. The molecule has 0 saturated heterocycles. The minimum atomic E-state index is -0.235. The molecular weight excluding hydrogens is 236 g/mol. The van der Waals surface area contributed by atoms with Gasteiger partial charge in [-0.25, -0.2) is 0 Å². The summed E-state index contributed by atoms with van der Waals surface area (Å²) in [6.07, 6.45) is 4.21. The maximum atomic E-state index is 11.6. The monoisotopic (exact) mass is 252 g/mol. The normalized spacial score (nSPS) is 18.0. The van der Waals surface area contributed by atoms with Gasteiger partial charge in [-0.3, -0.25) is 4.79 Å². The van der Waals surface area contributed by atoms with Gasteiger partial charge in [0.25, 0.3) is 0 Å². The van der Waals surface area contributed by atoms with Crippen molar-refractivity contribution < 1.29 is 4.79 Å². The smallest absolute Gasteiger partial charge is 0.234 e. The molecule has 4 heteroatoms. The zero-order chi connectivity index (χ0) is 12.3. The maximum absolute atomic E-state index is 11.6. The first-order valence-electron chi connectivity index (χ1n) is 5.93. The van der Waals surface area contributed by atoms with Crippen LogP contribution in [-0.4, -0.2) is 12.5 Å². The zero-order valence-corrected chi connectivity index (χ0v) is 10.5. The zero-order valence-electron chi connectivity index (χ0n) is 9.71. The number of nitrogens with one attached hydrogen (secondary N) is 1. The summed E-state index contributed by atoms with van der Waals surface area (Å²) in [6, 6.07) is 7.71. The van der Waals surface area contributed by atoms with Gasteiger partial charge >= 0.3 is 0 Å². The van der Waals surface area contributed by atoms with Gasteiger partial charge < -0.3 is 11.1 Å². The molecule has 1 aromatic rings. The van der Waals surface area contributed by atoms with Crippen LogP contribution in [0.1, 0.15) is 31.2 Å². The van der Waals surface area contributed by atoms with Crippen LogP contribution in [0.3, 0.4) is 0 Å². The molecule has 17 heavy (non-hydrogen) atoms. The molecule has 1 saturated carbocycles. The van der Waals surface area contributed by atoms with Gasteiger partial charge in [0.2, 0.25) is 5.91 Å². The van der Waals surface area contributed by atoms with E-state index in [1.54, 1.807) is 0 Å². The number of hydrogen-bond acceptors (Lipinski definition) is 2. The van der Waals surface area contributed by atoms with Gasteiger partial charge in [-0.15, -0.1) is 0 Å². The van der Waals surface area contributed by atoms with Crippen molar-refractivity contribution in [1.82, 2.24) is 5.32 Å². The Labute approximate surface area is 106 Å². The maximum Gasteiger partial charge on any atom is 0.234 e.